The highest BCUT2D eigenvalue weighted by Crippen LogP contribution is 2.43. The van der Waals surface area contributed by atoms with E-state index in [1.807, 2.05) is 24.3 Å². The number of carbonyl (C=O) groups excluding carboxylic acids is 1. The Kier molecular flexibility index (Phi) is 2.39. The molecule has 0 bridgehead atoms. The highest BCUT2D eigenvalue weighted by Gasteiger charge is 2.44. The van der Waals surface area contributed by atoms with Gasteiger partial charge in [-0.05, 0) is 30.5 Å². The number of likely N-dealkylation sites (N-methyl/N-ethyl adjacent to an activating group) is 1. The summed E-state index contributed by atoms with van der Waals surface area (Å²) in [6, 6.07) is 7.64. The maximum atomic E-state index is 11.9. The van der Waals surface area contributed by atoms with Crippen molar-refractivity contribution in [1.29, 1.82) is 0 Å². The van der Waals surface area contributed by atoms with Gasteiger partial charge >= 0.3 is 0 Å². The van der Waals surface area contributed by atoms with Gasteiger partial charge in [0.2, 0.25) is 5.91 Å². The summed E-state index contributed by atoms with van der Waals surface area (Å²) in [5.41, 5.74) is 7.17. The topological polar surface area (TPSA) is 55.1 Å². The van der Waals surface area contributed by atoms with Crippen LogP contribution in [0.5, 0.6) is 0 Å². The van der Waals surface area contributed by atoms with Gasteiger partial charge in [0, 0.05) is 12.7 Å². The summed E-state index contributed by atoms with van der Waals surface area (Å²) in [4.78, 5) is 11.9. The van der Waals surface area contributed by atoms with Crippen LogP contribution in [0.3, 0.4) is 0 Å². The van der Waals surface area contributed by atoms with Crippen LogP contribution in [0.15, 0.2) is 24.3 Å². The van der Waals surface area contributed by atoms with Crippen LogP contribution in [-0.4, -0.2) is 13.0 Å². The van der Waals surface area contributed by atoms with E-state index in [4.69, 9.17) is 5.73 Å². The number of hydrogen-bond donors (Lipinski definition) is 2. The second-order valence-corrected chi connectivity index (χ2v) is 4.14. The quantitative estimate of drug-likeness (QED) is 0.716. The van der Waals surface area contributed by atoms with Gasteiger partial charge in [0.25, 0.3) is 0 Å². The smallest absolute Gasteiger partial charge is 0.230 e. The number of amides is 1. The molecule has 1 aliphatic carbocycles. The molecular formula is C12H16N2O. The van der Waals surface area contributed by atoms with Gasteiger partial charge in [-0.15, -0.1) is 0 Å². The molecule has 1 aliphatic rings. The molecule has 0 unspecified atom stereocenters. The first-order chi connectivity index (χ1) is 7.19. The Bertz CT molecular complexity index is 366. The van der Waals surface area contributed by atoms with Gasteiger partial charge < -0.3 is 11.1 Å². The minimum absolute atomic E-state index is 0.124. The lowest BCUT2D eigenvalue weighted by Crippen LogP contribution is -2.48. The van der Waals surface area contributed by atoms with Crippen LogP contribution < -0.4 is 11.1 Å². The molecule has 80 valence electrons. The summed E-state index contributed by atoms with van der Waals surface area (Å²) in [6.07, 6.45) is 3.00. The van der Waals surface area contributed by atoms with E-state index in [2.05, 4.69) is 5.32 Å². The number of benzene rings is 1. The monoisotopic (exact) mass is 204 g/mol. The molecule has 1 saturated carbocycles. The SMILES string of the molecule is CNC(=O)C1(c2ccc(N)cc2)CCC1. The van der Waals surface area contributed by atoms with E-state index in [9.17, 15) is 4.79 Å². The van der Waals surface area contributed by atoms with E-state index in [1.54, 1.807) is 7.05 Å². The minimum Gasteiger partial charge on any atom is -0.399 e. The predicted molar refractivity (Wildman–Crippen MR) is 60.5 cm³/mol. The largest absolute Gasteiger partial charge is 0.399 e. The third-order valence-corrected chi connectivity index (χ3v) is 3.33. The van der Waals surface area contributed by atoms with Crippen LogP contribution in [-0.2, 0) is 10.2 Å². The van der Waals surface area contributed by atoms with Gasteiger partial charge in [-0.1, -0.05) is 18.6 Å². The van der Waals surface area contributed by atoms with Crippen LogP contribution in [0.4, 0.5) is 5.69 Å². The van der Waals surface area contributed by atoms with Gasteiger partial charge in [-0.2, -0.15) is 0 Å². The van der Waals surface area contributed by atoms with Crippen molar-refractivity contribution in [2.24, 2.45) is 0 Å². The molecule has 3 N–H and O–H groups in total. The molecule has 2 rings (SSSR count). The zero-order valence-corrected chi connectivity index (χ0v) is 8.92. The first-order valence-corrected chi connectivity index (χ1v) is 5.27. The number of rotatable bonds is 2. The van der Waals surface area contributed by atoms with Crippen molar-refractivity contribution >= 4 is 11.6 Å². The van der Waals surface area contributed by atoms with E-state index in [-0.39, 0.29) is 11.3 Å². The summed E-state index contributed by atoms with van der Waals surface area (Å²) in [7, 11) is 1.69. The predicted octanol–water partition coefficient (Wildman–Crippen LogP) is 1.44. The average molecular weight is 204 g/mol. The van der Waals surface area contributed by atoms with Crippen LogP contribution in [0.1, 0.15) is 24.8 Å². The molecule has 0 spiro atoms. The molecule has 3 nitrogen and oxygen atoms in total. The van der Waals surface area contributed by atoms with Gasteiger partial charge in [-0.3, -0.25) is 4.79 Å². The zero-order valence-electron chi connectivity index (χ0n) is 8.92. The highest BCUT2D eigenvalue weighted by atomic mass is 16.2. The molecular weight excluding hydrogens is 188 g/mol. The third kappa shape index (κ3) is 1.48. The Hall–Kier alpha value is -1.51. The summed E-state index contributed by atoms with van der Waals surface area (Å²) in [6.45, 7) is 0. The van der Waals surface area contributed by atoms with Gasteiger partial charge in [0.1, 0.15) is 0 Å². The summed E-state index contributed by atoms with van der Waals surface area (Å²) in [5.74, 6) is 0.124. The summed E-state index contributed by atoms with van der Waals surface area (Å²) in [5, 5.41) is 2.75. The minimum atomic E-state index is -0.289. The van der Waals surface area contributed by atoms with Crippen molar-refractivity contribution in [2.75, 3.05) is 12.8 Å². The number of anilines is 1. The molecule has 1 aromatic rings. The number of nitrogens with two attached hydrogens (primary N) is 1. The number of hydrogen-bond acceptors (Lipinski definition) is 2. The first kappa shape index (κ1) is 10.0. The van der Waals surface area contributed by atoms with Crippen molar-refractivity contribution in [3.05, 3.63) is 29.8 Å². The van der Waals surface area contributed by atoms with Crippen LogP contribution in [0.25, 0.3) is 0 Å². The zero-order chi connectivity index (χ0) is 10.9. The van der Waals surface area contributed by atoms with Crippen LogP contribution >= 0.6 is 0 Å². The van der Waals surface area contributed by atoms with Gasteiger partial charge in [0.15, 0.2) is 0 Å². The Labute approximate surface area is 89.7 Å². The lowest BCUT2D eigenvalue weighted by atomic mass is 9.64. The summed E-state index contributed by atoms with van der Waals surface area (Å²) < 4.78 is 0. The fraction of sp³-hybridized carbons (Fsp3) is 0.417. The second kappa shape index (κ2) is 3.57. The number of nitrogen functional groups attached to an aromatic ring is 1. The molecule has 0 saturated heterocycles. The van der Waals surface area contributed by atoms with Crippen molar-refractivity contribution in [3.8, 4) is 0 Å². The lowest BCUT2D eigenvalue weighted by Gasteiger charge is -2.40. The molecule has 15 heavy (non-hydrogen) atoms. The Balaban J connectivity index is 2.34. The Morgan fingerprint density at radius 3 is 2.33 bits per heavy atom. The molecule has 0 radical (unpaired) electrons. The first-order valence-electron chi connectivity index (χ1n) is 5.27. The molecule has 0 aliphatic heterocycles. The molecule has 0 heterocycles. The Morgan fingerprint density at radius 2 is 1.93 bits per heavy atom. The molecule has 1 fully saturated rings. The summed E-state index contributed by atoms with van der Waals surface area (Å²) >= 11 is 0. The van der Waals surface area contributed by atoms with Gasteiger partial charge in [0.05, 0.1) is 5.41 Å². The van der Waals surface area contributed by atoms with Crippen molar-refractivity contribution < 1.29 is 4.79 Å². The van der Waals surface area contributed by atoms with Crippen molar-refractivity contribution in [3.63, 3.8) is 0 Å². The van der Waals surface area contributed by atoms with Gasteiger partial charge in [-0.25, -0.2) is 0 Å². The van der Waals surface area contributed by atoms with E-state index in [0.29, 0.717) is 0 Å². The standard InChI is InChI=1S/C12H16N2O/c1-14-11(15)12(7-2-8-12)9-3-5-10(13)6-4-9/h3-6H,2,7-8,13H2,1H3,(H,14,15). The fourth-order valence-corrected chi connectivity index (χ4v) is 2.22. The number of nitrogens with one attached hydrogen (secondary N) is 1. The van der Waals surface area contributed by atoms with Crippen LogP contribution in [0, 0.1) is 0 Å². The normalized spacial score (nSPS) is 17.9. The maximum Gasteiger partial charge on any atom is 0.230 e. The van der Waals surface area contributed by atoms with E-state index in [0.717, 1.165) is 30.5 Å². The molecule has 3 heteroatoms. The fourth-order valence-electron chi connectivity index (χ4n) is 2.22. The average Bonchev–Trinajstić information content (AvgIpc) is 2.19. The van der Waals surface area contributed by atoms with E-state index in [1.165, 1.54) is 0 Å². The Morgan fingerprint density at radius 1 is 1.33 bits per heavy atom. The molecule has 0 aromatic heterocycles. The third-order valence-electron chi connectivity index (χ3n) is 3.33. The second-order valence-electron chi connectivity index (χ2n) is 4.14. The van der Waals surface area contributed by atoms with E-state index >= 15 is 0 Å². The molecule has 0 atom stereocenters. The van der Waals surface area contributed by atoms with Crippen molar-refractivity contribution in [2.45, 2.75) is 24.7 Å². The van der Waals surface area contributed by atoms with E-state index < -0.39 is 0 Å². The highest BCUT2D eigenvalue weighted by molar-refractivity contribution is 5.89. The number of carbonyl (C=O) groups is 1. The van der Waals surface area contributed by atoms with Crippen molar-refractivity contribution in [1.82, 2.24) is 5.32 Å². The maximum absolute atomic E-state index is 11.9. The molecule has 1 aromatic carbocycles. The van der Waals surface area contributed by atoms with Crippen LogP contribution in [0.2, 0.25) is 0 Å². The lowest BCUT2D eigenvalue weighted by molar-refractivity contribution is -0.129. The molecule has 1 amide bonds.